The summed E-state index contributed by atoms with van der Waals surface area (Å²) < 4.78 is 5.50. The number of ether oxygens (including phenoxy) is 1. The van der Waals surface area contributed by atoms with Gasteiger partial charge in [0.1, 0.15) is 0 Å². The van der Waals surface area contributed by atoms with Gasteiger partial charge in [-0.1, -0.05) is 50.6 Å². The summed E-state index contributed by atoms with van der Waals surface area (Å²) in [6.07, 6.45) is 0.342. The van der Waals surface area contributed by atoms with Crippen LogP contribution in [0.4, 0.5) is 0 Å². The van der Waals surface area contributed by atoms with Crippen molar-refractivity contribution < 1.29 is 14.9 Å². The highest BCUT2D eigenvalue weighted by atomic mass is 16.5. The van der Waals surface area contributed by atoms with Crippen LogP contribution in [0.15, 0.2) is 30.3 Å². The fourth-order valence-corrected chi connectivity index (χ4v) is 1.98. The van der Waals surface area contributed by atoms with Gasteiger partial charge < -0.3 is 14.9 Å². The highest BCUT2D eigenvalue weighted by molar-refractivity contribution is 5.13. The monoisotopic (exact) mass is 252 g/mol. The molecule has 0 aromatic heterocycles. The van der Waals surface area contributed by atoms with Crippen molar-refractivity contribution in [3.8, 4) is 0 Å². The van der Waals surface area contributed by atoms with Gasteiger partial charge in [-0.25, -0.2) is 0 Å². The number of hydrogen-bond acceptors (Lipinski definition) is 3. The molecule has 0 radical (unpaired) electrons. The van der Waals surface area contributed by atoms with Crippen LogP contribution in [-0.4, -0.2) is 29.5 Å². The molecule has 18 heavy (non-hydrogen) atoms. The average molecular weight is 252 g/mol. The van der Waals surface area contributed by atoms with E-state index in [0.29, 0.717) is 12.5 Å². The third kappa shape index (κ3) is 4.77. The van der Waals surface area contributed by atoms with Gasteiger partial charge in [-0.15, -0.1) is 0 Å². The van der Waals surface area contributed by atoms with Crippen LogP contribution in [0.1, 0.15) is 25.8 Å². The Balaban J connectivity index is 2.33. The normalized spacial score (nSPS) is 16.2. The van der Waals surface area contributed by atoms with E-state index < -0.39 is 6.10 Å². The second-order valence-corrected chi connectivity index (χ2v) is 4.80. The molecular formula is C15H24O3. The molecule has 102 valence electrons. The maximum atomic E-state index is 10.0. The molecule has 0 aliphatic heterocycles. The molecule has 0 heterocycles. The van der Waals surface area contributed by atoms with Gasteiger partial charge in [-0.05, 0) is 11.5 Å². The predicted molar refractivity (Wildman–Crippen MR) is 72.1 cm³/mol. The first-order chi connectivity index (χ1) is 8.69. The van der Waals surface area contributed by atoms with Gasteiger partial charge in [0.15, 0.2) is 0 Å². The van der Waals surface area contributed by atoms with Crippen LogP contribution in [0.3, 0.4) is 0 Å². The molecule has 0 amide bonds. The Morgan fingerprint density at radius 1 is 1.22 bits per heavy atom. The number of aliphatic hydroxyl groups excluding tert-OH is 2. The van der Waals surface area contributed by atoms with Gasteiger partial charge in [0.05, 0.1) is 19.3 Å². The Morgan fingerprint density at radius 3 is 2.44 bits per heavy atom. The van der Waals surface area contributed by atoms with Crippen LogP contribution in [0.2, 0.25) is 0 Å². The molecule has 1 rings (SSSR count). The van der Waals surface area contributed by atoms with Crippen LogP contribution in [0.25, 0.3) is 0 Å². The van der Waals surface area contributed by atoms with E-state index in [9.17, 15) is 10.2 Å². The molecule has 0 unspecified atom stereocenters. The molecule has 0 spiro atoms. The summed E-state index contributed by atoms with van der Waals surface area (Å²) in [7, 11) is 0. The van der Waals surface area contributed by atoms with Crippen molar-refractivity contribution in [1.82, 2.24) is 0 Å². The lowest BCUT2D eigenvalue weighted by molar-refractivity contribution is -0.0322. The Bertz CT molecular complexity index is 313. The molecule has 2 N–H and O–H groups in total. The third-order valence-electron chi connectivity index (χ3n) is 3.48. The van der Waals surface area contributed by atoms with Crippen LogP contribution >= 0.6 is 0 Å². The largest absolute Gasteiger partial charge is 0.396 e. The summed E-state index contributed by atoms with van der Waals surface area (Å²) in [5, 5.41) is 19.3. The van der Waals surface area contributed by atoms with Gasteiger partial charge >= 0.3 is 0 Å². The topological polar surface area (TPSA) is 49.7 Å². The van der Waals surface area contributed by atoms with Crippen molar-refractivity contribution in [3.05, 3.63) is 35.9 Å². The van der Waals surface area contributed by atoms with E-state index in [0.717, 1.165) is 12.0 Å². The summed E-state index contributed by atoms with van der Waals surface area (Å²) >= 11 is 0. The molecular weight excluding hydrogens is 228 g/mol. The SMILES string of the molecule is CC[C@H](C)[C@H](CO)[C@@H](O)COCc1ccccc1. The molecule has 0 fully saturated rings. The van der Waals surface area contributed by atoms with Gasteiger partial charge in [0, 0.05) is 12.5 Å². The first kappa shape index (κ1) is 15.2. The minimum Gasteiger partial charge on any atom is -0.396 e. The zero-order chi connectivity index (χ0) is 13.4. The van der Waals surface area contributed by atoms with E-state index in [2.05, 4.69) is 6.92 Å². The lowest BCUT2D eigenvalue weighted by Crippen LogP contribution is -2.33. The second kappa shape index (κ2) is 8.25. The molecule has 0 saturated heterocycles. The first-order valence-corrected chi connectivity index (χ1v) is 6.59. The van der Waals surface area contributed by atoms with Crippen molar-refractivity contribution in [2.24, 2.45) is 11.8 Å². The van der Waals surface area contributed by atoms with Crippen LogP contribution in [0, 0.1) is 11.8 Å². The van der Waals surface area contributed by atoms with E-state index in [4.69, 9.17) is 4.74 Å². The van der Waals surface area contributed by atoms with Crippen molar-refractivity contribution >= 4 is 0 Å². The minimum absolute atomic E-state index is 0.00483. The van der Waals surface area contributed by atoms with Crippen LogP contribution in [0.5, 0.6) is 0 Å². The first-order valence-electron chi connectivity index (χ1n) is 6.59. The molecule has 0 aliphatic rings. The third-order valence-corrected chi connectivity index (χ3v) is 3.48. The van der Waals surface area contributed by atoms with E-state index >= 15 is 0 Å². The maximum absolute atomic E-state index is 10.0. The zero-order valence-corrected chi connectivity index (χ0v) is 11.2. The zero-order valence-electron chi connectivity index (χ0n) is 11.2. The average Bonchev–Trinajstić information content (AvgIpc) is 2.40. The Kier molecular flexibility index (Phi) is 6.94. The quantitative estimate of drug-likeness (QED) is 0.746. The molecule has 0 bridgehead atoms. The standard InChI is InChI=1S/C15H24O3/c1-3-12(2)14(9-16)15(17)11-18-10-13-7-5-4-6-8-13/h4-8,12,14-17H,3,9-11H2,1-2H3/t12-,14-,15-/m0/s1. The summed E-state index contributed by atoms with van der Waals surface area (Å²) in [6.45, 7) is 4.87. The molecule has 0 aliphatic carbocycles. The number of aliphatic hydroxyl groups is 2. The smallest absolute Gasteiger partial charge is 0.0826 e. The van der Waals surface area contributed by atoms with E-state index in [1.54, 1.807) is 0 Å². The molecule has 3 nitrogen and oxygen atoms in total. The van der Waals surface area contributed by atoms with E-state index in [1.807, 2.05) is 37.3 Å². The van der Waals surface area contributed by atoms with E-state index in [1.165, 1.54) is 0 Å². The van der Waals surface area contributed by atoms with Crippen LogP contribution in [-0.2, 0) is 11.3 Å². The van der Waals surface area contributed by atoms with Gasteiger partial charge in [-0.3, -0.25) is 0 Å². The molecule has 1 aromatic rings. The van der Waals surface area contributed by atoms with Crippen molar-refractivity contribution in [3.63, 3.8) is 0 Å². The minimum atomic E-state index is -0.603. The van der Waals surface area contributed by atoms with Gasteiger partial charge in [-0.2, -0.15) is 0 Å². The molecule has 1 aromatic carbocycles. The number of rotatable bonds is 8. The number of hydrogen-bond donors (Lipinski definition) is 2. The van der Waals surface area contributed by atoms with Crippen molar-refractivity contribution in [2.45, 2.75) is 33.0 Å². The van der Waals surface area contributed by atoms with Crippen molar-refractivity contribution in [2.75, 3.05) is 13.2 Å². The number of benzene rings is 1. The summed E-state index contributed by atoms with van der Waals surface area (Å²) in [5.41, 5.74) is 1.09. The van der Waals surface area contributed by atoms with Crippen molar-refractivity contribution in [1.29, 1.82) is 0 Å². The highest BCUT2D eigenvalue weighted by Gasteiger charge is 2.23. The predicted octanol–water partition coefficient (Wildman–Crippen LogP) is 2.22. The lowest BCUT2D eigenvalue weighted by atomic mass is 9.88. The molecule has 3 heteroatoms. The fraction of sp³-hybridized carbons (Fsp3) is 0.600. The molecule has 3 atom stereocenters. The lowest BCUT2D eigenvalue weighted by Gasteiger charge is -2.26. The van der Waals surface area contributed by atoms with Gasteiger partial charge in [0.25, 0.3) is 0 Å². The summed E-state index contributed by atoms with van der Waals surface area (Å²) in [4.78, 5) is 0. The summed E-state index contributed by atoms with van der Waals surface area (Å²) in [5.74, 6) is 0.191. The Morgan fingerprint density at radius 2 is 1.89 bits per heavy atom. The Labute approximate surface area is 109 Å². The summed E-state index contributed by atoms with van der Waals surface area (Å²) in [6, 6.07) is 9.87. The van der Waals surface area contributed by atoms with E-state index in [-0.39, 0.29) is 19.1 Å². The second-order valence-electron chi connectivity index (χ2n) is 4.80. The Hall–Kier alpha value is -0.900. The highest BCUT2D eigenvalue weighted by Crippen LogP contribution is 2.19. The van der Waals surface area contributed by atoms with Gasteiger partial charge in [0.2, 0.25) is 0 Å². The molecule has 0 saturated carbocycles. The fourth-order valence-electron chi connectivity index (χ4n) is 1.98. The maximum Gasteiger partial charge on any atom is 0.0826 e. The van der Waals surface area contributed by atoms with Crippen LogP contribution < -0.4 is 0 Å².